The highest BCUT2D eigenvalue weighted by molar-refractivity contribution is 7.13. The SMILES string of the molecule is CCCc1nc(C)c(C(=O)N2CCN(C(=O)N(C)C)CC2)s1. The lowest BCUT2D eigenvalue weighted by Crippen LogP contribution is -2.52. The summed E-state index contributed by atoms with van der Waals surface area (Å²) in [4.78, 5) is 35.0. The summed E-state index contributed by atoms with van der Waals surface area (Å²) in [5, 5.41) is 1.03. The third kappa shape index (κ3) is 3.58. The molecule has 1 aromatic rings. The van der Waals surface area contributed by atoms with Gasteiger partial charge in [-0.1, -0.05) is 6.92 Å². The zero-order chi connectivity index (χ0) is 16.3. The molecule has 2 heterocycles. The Balaban J connectivity index is 1.99. The number of rotatable bonds is 3. The van der Waals surface area contributed by atoms with Crippen molar-refractivity contribution in [3.8, 4) is 0 Å². The number of nitrogens with zero attached hydrogens (tertiary/aromatic N) is 4. The Morgan fingerprint density at radius 1 is 1.18 bits per heavy atom. The van der Waals surface area contributed by atoms with Crippen LogP contribution in [0.1, 0.15) is 33.7 Å². The van der Waals surface area contributed by atoms with E-state index < -0.39 is 0 Å². The molecule has 0 atom stereocenters. The van der Waals surface area contributed by atoms with E-state index in [9.17, 15) is 9.59 Å². The number of aryl methyl sites for hydroxylation is 2. The number of thiazole rings is 1. The molecule has 1 aliphatic heterocycles. The molecule has 122 valence electrons. The Bertz CT molecular complexity index is 548. The Morgan fingerprint density at radius 3 is 2.32 bits per heavy atom. The lowest BCUT2D eigenvalue weighted by molar-refractivity contribution is 0.0654. The molecule has 0 bridgehead atoms. The molecule has 22 heavy (non-hydrogen) atoms. The molecular weight excluding hydrogens is 300 g/mol. The van der Waals surface area contributed by atoms with E-state index in [1.807, 2.05) is 11.8 Å². The normalized spacial score (nSPS) is 15.1. The number of hydrogen-bond acceptors (Lipinski definition) is 4. The summed E-state index contributed by atoms with van der Waals surface area (Å²) in [7, 11) is 3.49. The second-order valence-electron chi connectivity index (χ2n) is 5.73. The molecule has 7 heteroatoms. The molecule has 3 amide bonds. The molecule has 0 unspecified atom stereocenters. The van der Waals surface area contributed by atoms with Gasteiger partial charge in [0.25, 0.3) is 5.91 Å². The quantitative estimate of drug-likeness (QED) is 0.852. The van der Waals surface area contributed by atoms with Crippen LogP contribution < -0.4 is 0 Å². The van der Waals surface area contributed by atoms with Crippen LogP contribution in [0.25, 0.3) is 0 Å². The summed E-state index contributed by atoms with van der Waals surface area (Å²) in [5.41, 5.74) is 0.824. The first kappa shape index (κ1) is 16.7. The minimum absolute atomic E-state index is 0.00584. The number of carbonyl (C=O) groups excluding carboxylic acids is 2. The van der Waals surface area contributed by atoms with E-state index in [1.54, 1.807) is 23.9 Å². The predicted molar refractivity (Wildman–Crippen MR) is 87.4 cm³/mol. The minimum Gasteiger partial charge on any atom is -0.334 e. The summed E-state index contributed by atoms with van der Waals surface area (Å²) in [5.74, 6) is 0.0503. The zero-order valence-corrected chi connectivity index (χ0v) is 14.6. The summed E-state index contributed by atoms with van der Waals surface area (Å²) < 4.78 is 0. The minimum atomic E-state index is 0.00584. The van der Waals surface area contributed by atoms with Crippen LogP contribution in [-0.4, -0.2) is 71.9 Å². The summed E-state index contributed by atoms with van der Waals surface area (Å²) in [6, 6.07) is 0.00584. The maximum absolute atomic E-state index is 12.6. The molecular formula is C15H24N4O2S. The highest BCUT2D eigenvalue weighted by atomic mass is 32.1. The van der Waals surface area contributed by atoms with E-state index in [1.165, 1.54) is 11.3 Å². The average Bonchev–Trinajstić information content (AvgIpc) is 2.87. The van der Waals surface area contributed by atoms with Gasteiger partial charge in [-0.05, 0) is 19.8 Å². The van der Waals surface area contributed by atoms with Gasteiger partial charge in [-0.25, -0.2) is 9.78 Å². The number of piperazine rings is 1. The van der Waals surface area contributed by atoms with Gasteiger partial charge in [0, 0.05) is 40.3 Å². The molecule has 1 fully saturated rings. The Kier molecular flexibility index (Phi) is 5.39. The van der Waals surface area contributed by atoms with Gasteiger partial charge >= 0.3 is 6.03 Å². The molecule has 0 aromatic carbocycles. The summed E-state index contributed by atoms with van der Waals surface area (Å²) in [6.07, 6.45) is 1.95. The monoisotopic (exact) mass is 324 g/mol. The number of carbonyl (C=O) groups is 2. The van der Waals surface area contributed by atoms with Gasteiger partial charge in [-0.2, -0.15) is 0 Å². The highest BCUT2D eigenvalue weighted by Gasteiger charge is 2.27. The van der Waals surface area contributed by atoms with Gasteiger partial charge in [0.15, 0.2) is 0 Å². The van der Waals surface area contributed by atoms with Crippen LogP contribution in [0.5, 0.6) is 0 Å². The molecule has 1 saturated heterocycles. The van der Waals surface area contributed by atoms with Gasteiger partial charge in [-0.15, -0.1) is 11.3 Å². The fourth-order valence-corrected chi connectivity index (χ4v) is 3.63. The van der Waals surface area contributed by atoms with Crippen LogP contribution in [0.3, 0.4) is 0 Å². The van der Waals surface area contributed by atoms with E-state index in [0.717, 1.165) is 28.4 Å². The van der Waals surface area contributed by atoms with E-state index >= 15 is 0 Å². The number of amides is 3. The van der Waals surface area contributed by atoms with E-state index in [2.05, 4.69) is 11.9 Å². The molecule has 1 aromatic heterocycles. The Morgan fingerprint density at radius 2 is 1.77 bits per heavy atom. The first-order valence-corrected chi connectivity index (χ1v) is 8.47. The molecule has 2 rings (SSSR count). The third-order valence-electron chi connectivity index (χ3n) is 3.72. The maximum atomic E-state index is 12.6. The van der Waals surface area contributed by atoms with E-state index in [-0.39, 0.29) is 11.9 Å². The summed E-state index contributed by atoms with van der Waals surface area (Å²) in [6.45, 7) is 6.34. The van der Waals surface area contributed by atoms with Crippen molar-refractivity contribution in [2.24, 2.45) is 0 Å². The predicted octanol–water partition coefficient (Wildman–Crippen LogP) is 1.84. The van der Waals surface area contributed by atoms with Gasteiger partial charge < -0.3 is 14.7 Å². The number of hydrogen-bond donors (Lipinski definition) is 0. The molecule has 0 radical (unpaired) electrons. The lowest BCUT2D eigenvalue weighted by Gasteiger charge is -2.35. The van der Waals surface area contributed by atoms with Crippen LogP contribution in [-0.2, 0) is 6.42 Å². The molecule has 0 spiro atoms. The fourth-order valence-electron chi connectivity index (χ4n) is 2.50. The lowest BCUT2D eigenvalue weighted by atomic mass is 10.3. The van der Waals surface area contributed by atoms with E-state index in [4.69, 9.17) is 0 Å². The Labute approximate surface area is 135 Å². The number of aromatic nitrogens is 1. The van der Waals surface area contributed by atoms with Crippen molar-refractivity contribution in [1.29, 1.82) is 0 Å². The first-order valence-electron chi connectivity index (χ1n) is 7.65. The second kappa shape index (κ2) is 7.09. The number of urea groups is 1. The second-order valence-corrected chi connectivity index (χ2v) is 6.81. The van der Waals surface area contributed by atoms with Gasteiger partial charge in [0.1, 0.15) is 4.88 Å². The standard InChI is InChI=1S/C15H24N4O2S/c1-5-6-12-16-11(2)13(22-12)14(20)18-7-9-19(10-8-18)15(21)17(3)4/h5-10H2,1-4H3. The van der Waals surface area contributed by atoms with Gasteiger partial charge in [0.2, 0.25) is 0 Å². The smallest absolute Gasteiger partial charge is 0.319 e. The van der Waals surface area contributed by atoms with Gasteiger partial charge in [-0.3, -0.25) is 4.79 Å². The largest absolute Gasteiger partial charge is 0.334 e. The molecule has 0 aliphatic carbocycles. The summed E-state index contributed by atoms with van der Waals surface area (Å²) >= 11 is 1.51. The fraction of sp³-hybridized carbons (Fsp3) is 0.667. The molecule has 1 aliphatic rings. The van der Waals surface area contributed by atoms with Crippen molar-refractivity contribution in [1.82, 2.24) is 19.7 Å². The highest BCUT2D eigenvalue weighted by Crippen LogP contribution is 2.22. The van der Waals surface area contributed by atoms with Crippen LogP contribution in [0, 0.1) is 6.92 Å². The average molecular weight is 324 g/mol. The topological polar surface area (TPSA) is 56.8 Å². The van der Waals surface area contributed by atoms with Crippen molar-refractivity contribution in [3.63, 3.8) is 0 Å². The molecule has 6 nitrogen and oxygen atoms in total. The zero-order valence-electron chi connectivity index (χ0n) is 13.8. The molecule has 0 N–H and O–H groups in total. The molecule has 0 saturated carbocycles. The van der Waals surface area contributed by atoms with Crippen LogP contribution in [0.2, 0.25) is 0 Å². The first-order chi connectivity index (χ1) is 10.4. The van der Waals surface area contributed by atoms with Crippen molar-refractivity contribution in [2.75, 3.05) is 40.3 Å². The van der Waals surface area contributed by atoms with Gasteiger partial charge in [0.05, 0.1) is 10.7 Å². The third-order valence-corrected chi connectivity index (χ3v) is 4.92. The van der Waals surface area contributed by atoms with Crippen molar-refractivity contribution in [2.45, 2.75) is 26.7 Å². The Hall–Kier alpha value is -1.63. The van der Waals surface area contributed by atoms with Crippen molar-refractivity contribution in [3.05, 3.63) is 15.6 Å². The van der Waals surface area contributed by atoms with Crippen LogP contribution in [0.15, 0.2) is 0 Å². The maximum Gasteiger partial charge on any atom is 0.319 e. The van der Waals surface area contributed by atoms with Crippen molar-refractivity contribution < 1.29 is 9.59 Å². The van der Waals surface area contributed by atoms with Crippen LogP contribution in [0.4, 0.5) is 4.79 Å². The van der Waals surface area contributed by atoms with Crippen molar-refractivity contribution >= 4 is 23.3 Å². The van der Waals surface area contributed by atoms with E-state index in [0.29, 0.717) is 26.2 Å². The van der Waals surface area contributed by atoms with Crippen LogP contribution >= 0.6 is 11.3 Å².